The van der Waals surface area contributed by atoms with E-state index in [0.29, 0.717) is 18.0 Å². The second-order valence-electron chi connectivity index (χ2n) is 6.42. The topological polar surface area (TPSA) is 43.0 Å². The molecule has 3 aliphatic rings. The Morgan fingerprint density at radius 2 is 2.10 bits per heavy atom. The van der Waals surface area contributed by atoms with Crippen molar-refractivity contribution in [3.05, 3.63) is 0 Å². The van der Waals surface area contributed by atoms with E-state index in [1.165, 1.54) is 13.0 Å². The molecule has 0 bridgehead atoms. The molecular weight excluding hydrogens is 256 g/mol. The van der Waals surface area contributed by atoms with Gasteiger partial charge in [-0.1, -0.05) is 0 Å². The van der Waals surface area contributed by atoms with Gasteiger partial charge in [0.05, 0.1) is 19.8 Å². The second-order valence-corrected chi connectivity index (χ2v) is 6.42. The SMILES string of the molecule is CNC1CCC2(CC1N1CCC(COC)C1)OCCO2. The van der Waals surface area contributed by atoms with Gasteiger partial charge in [-0.2, -0.15) is 0 Å². The average Bonchev–Trinajstić information content (AvgIpc) is 3.09. The molecule has 3 rings (SSSR count). The standard InChI is InChI=1S/C15H28N2O3/c1-16-13-3-5-15(19-7-8-20-15)9-14(13)17-6-4-12(10-17)11-18-2/h12-14,16H,3-11H2,1-2H3. The van der Waals surface area contributed by atoms with Crippen LogP contribution in [0.25, 0.3) is 0 Å². The number of hydrogen-bond donors (Lipinski definition) is 1. The van der Waals surface area contributed by atoms with Crippen molar-refractivity contribution in [2.75, 3.05) is 47.1 Å². The Morgan fingerprint density at radius 1 is 1.30 bits per heavy atom. The summed E-state index contributed by atoms with van der Waals surface area (Å²) in [5.74, 6) is 0.387. The van der Waals surface area contributed by atoms with Crippen molar-refractivity contribution in [3.8, 4) is 0 Å². The fourth-order valence-electron chi connectivity index (χ4n) is 4.15. The zero-order chi connectivity index (χ0) is 14.0. The smallest absolute Gasteiger partial charge is 0.170 e. The quantitative estimate of drug-likeness (QED) is 0.828. The number of rotatable bonds is 4. The van der Waals surface area contributed by atoms with Gasteiger partial charge in [-0.05, 0) is 32.4 Å². The molecule has 3 atom stereocenters. The number of ether oxygens (including phenoxy) is 3. The van der Waals surface area contributed by atoms with Gasteiger partial charge in [-0.15, -0.1) is 0 Å². The summed E-state index contributed by atoms with van der Waals surface area (Å²) in [5.41, 5.74) is 0. The van der Waals surface area contributed by atoms with Gasteiger partial charge >= 0.3 is 0 Å². The van der Waals surface area contributed by atoms with Crippen molar-refractivity contribution in [1.82, 2.24) is 10.2 Å². The van der Waals surface area contributed by atoms with Gasteiger partial charge in [0.15, 0.2) is 5.79 Å². The molecule has 1 aliphatic carbocycles. The molecule has 0 aromatic rings. The van der Waals surface area contributed by atoms with Gasteiger partial charge < -0.3 is 19.5 Å². The van der Waals surface area contributed by atoms with Gasteiger partial charge in [-0.3, -0.25) is 4.90 Å². The summed E-state index contributed by atoms with van der Waals surface area (Å²) < 4.78 is 17.2. The third-order valence-corrected chi connectivity index (χ3v) is 5.19. The first-order valence-corrected chi connectivity index (χ1v) is 7.94. The zero-order valence-corrected chi connectivity index (χ0v) is 12.8. The number of hydrogen-bond acceptors (Lipinski definition) is 5. The first kappa shape index (κ1) is 14.7. The number of methoxy groups -OCH3 is 1. The first-order chi connectivity index (χ1) is 9.76. The second kappa shape index (κ2) is 6.28. The molecular formula is C15H28N2O3. The Balaban J connectivity index is 1.65. The minimum Gasteiger partial charge on any atom is -0.384 e. The van der Waals surface area contributed by atoms with Crippen LogP contribution in [0.2, 0.25) is 0 Å². The van der Waals surface area contributed by atoms with Crippen LogP contribution >= 0.6 is 0 Å². The van der Waals surface area contributed by atoms with Crippen LogP contribution in [0, 0.1) is 5.92 Å². The van der Waals surface area contributed by atoms with E-state index in [2.05, 4.69) is 17.3 Å². The Bertz CT molecular complexity index is 320. The van der Waals surface area contributed by atoms with E-state index in [1.54, 1.807) is 7.11 Å². The summed E-state index contributed by atoms with van der Waals surface area (Å²) in [4.78, 5) is 2.62. The van der Waals surface area contributed by atoms with Crippen LogP contribution in [0.4, 0.5) is 0 Å². The molecule has 1 spiro atoms. The molecule has 1 N–H and O–H groups in total. The van der Waals surface area contributed by atoms with Gasteiger partial charge in [0.2, 0.25) is 0 Å². The predicted octanol–water partition coefficient (Wildman–Crippen LogP) is 0.838. The van der Waals surface area contributed by atoms with Gasteiger partial charge in [-0.25, -0.2) is 0 Å². The minimum atomic E-state index is -0.294. The highest BCUT2D eigenvalue weighted by atomic mass is 16.7. The normalized spacial score (nSPS) is 37.8. The minimum absolute atomic E-state index is 0.294. The van der Waals surface area contributed by atoms with Crippen LogP contribution < -0.4 is 5.32 Å². The number of likely N-dealkylation sites (tertiary alicyclic amines) is 1. The molecule has 3 fully saturated rings. The van der Waals surface area contributed by atoms with Crippen LogP contribution in [0.15, 0.2) is 0 Å². The maximum atomic E-state index is 5.94. The molecule has 2 saturated heterocycles. The molecule has 1 saturated carbocycles. The molecule has 2 heterocycles. The fraction of sp³-hybridized carbons (Fsp3) is 1.00. The molecule has 20 heavy (non-hydrogen) atoms. The van der Waals surface area contributed by atoms with Crippen LogP contribution in [-0.2, 0) is 14.2 Å². The van der Waals surface area contributed by atoms with Crippen LogP contribution in [-0.4, -0.2) is 69.8 Å². The summed E-state index contributed by atoms with van der Waals surface area (Å²) in [7, 11) is 3.88. The number of nitrogens with one attached hydrogen (secondary N) is 1. The molecule has 0 aromatic heterocycles. The van der Waals surface area contributed by atoms with E-state index in [-0.39, 0.29) is 5.79 Å². The van der Waals surface area contributed by atoms with E-state index < -0.39 is 0 Å². The van der Waals surface area contributed by atoms with Crippen molar-refractivity contribution >= 4 is 0 Å². The van der Waals surface area contributed by atoms with Gasteiger partial charge in [0.1, 0.15) is 0 Å². The van der Waals surface area contributed by atoms with E-state index in [1.807, 2.05) is 0 Å². The summed E-state index contributed by atoms with van der Waals surface area (Å²) in [6.07, 6.45) is 4.39. The molecule has 116 valence electrons. The maximum absolute atomic E-state index is 5.94. The lowest BCUT2D eigenvalue weighted by atomic mass is 9.84. The van der Waals surface area contributed by atoms with Crippen molar-refractivity contribution in [3.63, 3.8) is 0 Å². The van der Waals surface area contributed by atoms with Crippen molar-refractivity contribution in [1.29, 1.82) is 0 Å². The van der Waals surface area contributed by atoms with Crippen molar-refractivity contribution in [2.45, 2.75) is 43.6 Å². The number of nitrogens with zero attached hydrogens (tertiary/aromatic N) is 1. The Morgan fingerprint density at radius 3 is 2.80 bits per heavy atom. The molecule has 5 nitrogen and oxygen atoms in total. The van der Waals surface area contributed by atoms with Gasteiger partial charge in [0.25, 0.3) is 0 Å². The summed E-state index contributed by atoms with van der Waals surface area (Å²) in [5, 5.41) is 3.50. The average molecular weight is 284 g/mol. The largest absolute Gasteiger partial charge is 0.384 e. The van der Waals surface area contributed by atoms with E-state index in [4.69, 9.17) is 14.2 Å². The lowest BCUT2D eigenvalue weighted by molar-refractivity contribution is -0.192. The third kappa shape index (κ3) is 2.88. The van der Waals surface area contributed by atoms with Crippen molar-refractivity contribution in [2.24, 2.45) is 5.92 Å². The van der Waals surface area contributed by atoms with Crippen molar-refractivity contribution < 1.29 is 14.2 Å². The first-order valence-electron chi connectivity index (χ1n) is 7.94. The zero-order valence-electron chi connectivity index (χ0n) is 12.8. The van der Waals surface area contributed by atoms with Crippen LogP contribution in [0.3, 0.4) is 0 Å². The summed E-state index contributed by atoms with van der Waals surface area (Å²) in [6, 6.07) is 1.07. The van der Waals surface area contributed by atoms with Crippen LogP contribution in [0.1, 0.15) is 25.7 Å². The Hall–Kier alpha value is -0.200. The Kier molecular flexibility index (Phi) is 4.62. The maximum Gasteiger partial charge on any atom is 0.170 e. The monoisotopic (exact) mass is 284 g/mol. The highest BCUT2D eigenvalue weighted by Crippen LogP contribution is 2.39. The van der Waals surface area contributed by atoms with E-state index in [0.717, 1.165) is 45.6 Å². The summed E-state index contributed by atoms with van der Waals surface area (Å²) in [6.45, 7) is 4.71. The lowest BCUT2D eigenvalue weighted by Gasteiger charge is -2.44. The van der Waals surface area contributed by atoms with E-state index in [9.17, 15) is 0 Å². The van der Waals surface area contributed by atoms with E-state index >= 15 is 0 Å². The molecule has 0 amide bonds. The molecule has 5 heteroatoms. The highest BCUT2D eigenvalue weighted by Gasteiger charge is 2.47. The van der Waals surface area contributed by atoms with Gasteiger partial charge in [0, 0.05) is 38.6 Å². The lowest BCUT2D eigenvalue weighted by Crippen LogP contribution is -2.56. The summed E-state index contributed by atoms with van der Waals surface area (Å²) >= 11 is 0. The predicted molar refractivity (Wildman–Crippen MR) is 76.7 cm³/mol. The third-order valence-electron chi connectivity index (χ3n) is 5.19. The molecule has 3 unspecified atom stereocenters. The number of likely N-dealkylation sites (N-methyl/N-ethyl adjacent to an activating group) is 1. The fourth-order valence-corrected chi connectivity index (χ4v) is 4.15. The molecule has 0 aromatic carbocycles. The molecule has 2 aliphatic heterocycles. The molecule has 0 radical (unpaired) electrons. The highest BCUT2D eigenvalue weighted by molar-refractivity contribution is 4.97. The van der Waals surface area contributed by atoms with Crippen LogP contribution in [0.5, 0.6) is 0 Å². The Labute approximate surface area is 121 Å².